The Balaban J connectivity index is 1.27. The number of thiazole rings is 1. The topological polar surface area (TPSA) is 121 Å². The summed E-state index contributed by atoms with van der Waals surface area (Å²) in [6.07, 6.45) is 1.37. The second-order valence-corrected chi connectivity index (χ2v) is 11.4. The van der Waals surface area contributed by atoms with E-state index in [1.54, 1.807) is 35.6 Å². The summed E-state index contributed by atoms with van der Waals surface area (Å²) in [4.78, 5) is 33.4. The summed E-state index contributed by atoms with van der Waals surface area (Å²) in [6, 6.07) is 17.7. The molecule has 0 spiro atoms. The van der Waals surface area contributed by atoms with Gasteiger partial charge in [0.05, 0.1) is 23.9 Å². The number of likely N-dealkylation sites (tertiary alicyclic amines) is 1. The highest BCUT2D eigenvalue weighted by Gasteiger charge is 2.33. The van der Waals surface area contributed by atoms with Crippen molar-refractivity contribution in [1.29, 1.82) is 0 Å². The van der Waals surface area contributed by atoms with Crippen molar-refractivity contribution in [1.82, 2.24) is 25.7 Å². The van der Waals surface area contributed by atoms with Gasteiger partial charge in [-0.15, -0.1) is 11.3 Å². The van der Waals surface area contributed by atoms with E-state index in [0.717, 1.165) is 40.6 Å². The van der Waals surface area contributed by atoms with Crippen molar-refractivity contribution in [2.75, 3.05) is 13.1 Å². The van der Waals surface area contributed by atoms with Gasteiger partial charge in [0.25, 0.3) is 11.8 Å². The summed E-state index contributed by atoms with van der Waals surface area (Å²) in [6.45, 7) is 5.12. The van der Waals surface area contributed by atoms with Crippen LogP contribution in [0, 0.1) is 13.8 Å². The number of amides is 2. The Bertz CT molecular complexity index is 1470. The predicted octanol–water partition coefficient (Wildman–Crippen LogP) is 4.22. The number of benzene rings is 2. The highest BCUT2D eigenvalue weighted by molar-refractivity contribution is 7.09. The van der Waals surface area contributed by atoms with Gasteiger partial charge >= 0.3 is 0 Å². The van der Waals surface area contributed by atoms with Gasteiger partial charge in [-0.25, -0.2) is 4.98 Å². The highest BCUT2D eigenvalue weighted by atomic mass is 32.1. The zero-order valence-corrected chi connectivity index (χ0v) is 24.1. The number of nitrogens with one attached hydrogen (secondary N) is 2. The van der Waals surface area contributed by atoms with Gasteiger partial charge in [-0.1, -0.05) is 41.6 Å². The van der Waals surface area contributed by atoms with Crippen LogP contribution in [0.4, 0.5) is 0 Å². The van der Waals surface area contributed by atoms with Gasteiger partial charge in [0, 0.05) is 47.9 Å². The number of hydrogen-bond donors (Lipinski definition) is 3. The number of carbonyl (C=O) groups excluding carboxylic acids is 2. The van der Waals surface area contributed by atoms with E-state index in [-0.39, 0.29) is 24.4 Å². The Morgan fingerprint density at radius 2 is 1.93 bits per heavy atom. The third kappa shape index (κ3) is 7.27. The van der Waals surface area contributed by atoms with Gasteiger partial charge in [-0.05, 0) is 56.9 Å². The second kappa shape index (κ2) is 13.2. The summed E-state index contributed by atoms with van der Waals surface area (Å²) in [5.74, 6) is 0.263. The van der Waals surface area contributed by atoms with Crippen molar-refractivity contribution in [3.05, 3.63) is 105 Å². The quantitative estimate of drug-likeness (QED) is 0.246. The highest BCUT2D eigenvalue weighted by Crippen LogP contribution is 2.34. The number of rotatable bonds is 11. The molecule has 4 aromatic rings. The summed E-state index contributed by atoms with van der Waals surface area (Å²) in [7, 11) is 0. The summed E-state index contributed by atoms with van der Waals surface area (Å²) >= 11 is 1.58. The number of aliphatic hydroxyl groups excluding tert-OH is 1. The average molecular weight is 574 g/mol. The van der Waals surface area contributed by atoms with E-state index >= 15 is 0 Å². The zero-order chi connectivity index (χ0) is 28.8. The first kappa shape index (κ1) is 28.7. The lowest BCUT2D eigenvalue weighted by Gasteiger charge is -2.25. The number of aryl methyl sites for hydroxylation is 2. The number of aromatic nitrogens is 2. The van der Waals surface area contributed by atoms with Crippen LogP contribution in [0.25, 0.3) is 0 Å². The van der Waals surface area contributed by atoms with Gasteiger partial charge in [0.1, 0.15) is 10.8 Å². The van der Waals surface area contributed by atoms with Crippen LogP contribution in [0.3, 0.4) is 0 Å². The molecular weight excluding hydrogens is 538 g/mol. The third-order valence-corrected chi connectivity index (χ3v) is 8.29. The third-order valence-electron chi connectivity index (χ3n) is 7.22. The Hall–Kier alpha value is -3.86. The number of nitrogens with zero attached hydrogens (tertiary/aromatic N) is 3. The van der Waals surface area contributed by atoms with Crippen molar-refractivity contribution in [2.24, 2.45) is 0 Å². The second-order valence-electron chi connectivity index (χ2n) is 10.5. The molecule has 1 aliphatic heterocycles. The predicted molar refractivity (Wildman–Crippen MR) is 157 cm³/mol. The maximum absolute atomic E-state index is 13.5. The van der Waals surface area contributed by atoms with E-state index in [0.29, 0.717) is 30.6 Å². The molecule has 3 N–H and O–H groups in total. The van der Waals surface area contributed by atoms with E-state index in [1.807, 2.05) is 60.5 Å². The first-order valence-electron chi connectivity index (χ1n) is 13.9. The minimum atomic E-state index is -0.871. The fraction of sp³-hybridized carbons (Fsp3) is 0.355. The molecule has 3 atom stereocenters. The lowest BCUT2D eigenvalue weighted by Crippen LogP contribution is -2.48. The number of aliphatic hydroxyl groups is 1. The first-order chi connectivity index (χ1) is 19.9. The van der Waals surface area contributed by atoms with Crippen LogP contribution in [-0.2, 0) is 13.0 Å². The SMILES string of the molecule is Cc1csc([C@H]2CCCN2C(=O)c2cccc(C(=O)N[C@@H](Cc3ccccc3)[C@@H](O)CNCc3cc(C)on3)c2)n1. The summed E-state index contributed by atoms with van der Waals surface area (Å²) in [5, 5.41) is 24.2. The lowest BCUT2D eigenvalue weighted by molar-refractivity contribution is 0.0735. The molecule has 3 heterocycles. The molecule has 0 saturated carbocycles. The smallest absolute Gasteiger partial charge is 0.254 e. The normalized spacial score (nSPS) is 16.5. The zero-order valence-electron chi connectivity index (χ0n) is 23.2. The molecule has 2 aromatic carbocycles. The average Bonchev–Trinajstić information content (AvgIpc) is 3.74. The molecule has 0 radical (unpaired) electrons. The Morgan fingerprint density at radius 3 is 2.66 bits per heavy atom. The number of carbonyl (C=O) groups is 2. The molecule has 2 aromatic heterocycles. The van der Waals surface area contributed by atoms with Crippen LogP contribution >= 0.6 is 11.3 Å². The van der Waals surface area contributed by atoms with Crippen molar-refractivity contribution in [3.63, 3.8) is 0 Å². The number of hydrogen-bond acceptors (Lipinski definition) is 8. The lowest BCUT2D eigenvalue weighted by atomic mass is 10.00. The van der Waals surface area contributed by atoms with Gasteiger partial charge in [-0.3, -0.25) is 9.59 Å². The van der Waals surface area contributed by atoms with Gasteiger partial charge in [0.2, 0.25) is 0 Å². The molecule has 0 bridgehead atoms. The van der Waals surface area contributed by atoms with Gasteiger partial charge in [0.15, 0.2) is 0 Å². The van der Waals surface area contributed by atoms with Crippen molar-refractivity contribution < 1.29 is 19.2 Å². The van der Waals surface area contributed by atoms with Crippen LogP contribution in [0.1, 0.15) is 67.3 Å². The molecule has 2 amide bonds. The van der Waals surface area contributed by atoms with E-state index in [4.69, 9.17) is 4.52 Å². The molecule has 1 fully saturated rings. The fourth-order valence-corrected chi connectivity index (χ4v) is 6.09. The van der Waals surface area contributed by atoms with Crippen LogP contribution < -0.4 is 10.6 Å². The summed E-state index contributed by atoms with van der Waals surface area (Å²) < 4.78 is 5.10. The maximum atomic E-state index is 13.5. The molecule has 5 rings (SSSR count). The van der Waals surface area contributed by atoms with Crippen molar-refractivity contribution >= 4 is 23.2 Å². The summed E-state index contributed by atoms with van der Waals surface area (Å²) in [5.41, 5.74) is 3.52. The van der Waals surface area contributed by atoms with E-state index in [2.05, 4.69) is 20.8 Å². The van der Waals surface area contributed by atoms with E-state index in [9.17, 15) is 14.7 Å². The molecule has 1 aliphatic rings. The maximum Gasteiger partial charge on any atom is 0.254 e. The molecule has 1 saturated heterocycles. The Labute approximate surface area is 243 Å². The molecular formula is C31H35N5O4S. The molecule has 9 nitrogen and oxygen atoms in total. The van der Waals surface area contributed by atoms with E-state index < -0.39 is 12.1 Å². The van der Waals surface area contributed by atoms with Gasteiger partial charge in [-0.2, -0.15) is 0 Å². The monoisotopic (exact) mass is 573 g/mol. The molecule has 10 heteroatoms. The van der Waals surface area contributed by atoms with E-state index in [1.165, 1.54) is 0 Å². The van der Waals surface area contributed by atoms with Crippen LogP contribution in [0.2, 0.25) is 0 Å². The van der Waals surface area contributed by atoms with Gasteiger partial charge < -0.3 is 25.2 Å². The molecule has 214 valence electrons. The molecule has 0 aliphatic carbocycles. The Morgan fingerprint density at radius 1 is 1.12 bits per heavy atom. The minimum Gasteiger partial charge on any atom is -0.390 e. The first-order valence-corrected chi connectivity index (χ1v) is 14.7. The minimum absolute atomic E-state index is 0.0438. The molecule has 41 heavy (non-hydrogen) atoms. The molecule has 0 unspecified atom stereocenters. The van der Waals surface area contributed by atoms with Crippen molar-refractivity contribution in [3.8, 4) is 0 Å². The Kier molecular flexibility index (Phi) is 9.23. The fourth-order valence-electron chi connectivity index (χ4n) is 5.15. The van der Waals surface area contributed by atoms with Crippen LogP contribution in [0.5, 0.6) is 0 Å². The van der Waals surface area contributed by atoms with Crippen LogP contribution in [0.15, 0.2) is 70.6 Å². The standard InChI is InChI=1S/C31H35N5O4S/c1-20-19-41-30(33-20)27-12-7-13-36(27)31(39)24-11-6-10-23(16-24)29(38)34-26(15-22-8-4-3-5-9-22)28(37)18-32-17-25-14-21(2)40-35-25/h3-6,8-11,14,16,19,26-28,32,37H,7,12-13,15,17-18H2,1-2H3,(H,34,38)/t26-,27+,28-/m0/s1. The van der Waals surface area contributed by atoms with Crippen LogP contribution in [-0.4, -0.2) is 57.2 Å². The largest absolute Gasteiger partial charge is 0.390 e. The van der Waals surface area contributed by atoms with Crippen molar-refractivity contribution in [2.45, 2.75) is 57.8 Å².